The maximum atomic E-state index is 6.18. The lowest BCUT2D eigenvalue weighted by Crippen LogP contribution is -2.10. The van der Waals surface area contributed by atoms with Crippen LogP contribution in [0.15, 0.2) is 126 Å². The molecule has 6 aromatic carbocycles. The van der Waals surface area contributed by atoms with Crippen molar-refractivity contribution in [1.29, 1.82) is 0 Å². The molecule has 0 saturated heterocycles. The molecule has 4 heteroatoms. The minimum absolute atomic E-state index is 0.763. The van der Waals surface area contributed by atoms with Crippen LogP contribution in [0.25, 0.3) is 80.7 Å². The van der Waals surface area contributed by atoms with E-state index in [1.54, 1.807) is 0 Å². The minimum atomic E-state index is 0.763. The van der Waals surface area contributed by atoms with Crippen LogP contribution in [0.1, 0.15) is 5.56 Å². The SMILES string of the molecule is CNCc1cccc(-c2ccc3oc4ccccc4c3c2)c1-n1c2ccccc2c2c3sc4ccccc4c3ccc21. The van der Waals surface area contributed by atoms with Crippen molar-refractivity contribution in [2.24, 2.45) is 0 Å². The van der Waals surface area contributed by atoms with Crippen molar-refractivity contribution < 1.29 is 4.42 Å². The highest BCUT2D eigenvalue weighted by atomic mass is 32.1. The molecule has 0 radical (unpaired) electrons. The number of thiophene rings is 1. The summed E-state index contributed by atoms with van der Waals surface area (Å²) in [5, 5.41) is 11.0. The third kappa shape index (κ3) is 3.31. The van der Waals surface area contributed by atoms with Gasteiger partial charge in [-0.25, -0.2) is 0 Å². The Bertz CT molecular complexity index is 2490. The predicted molar refractivity (Wildman–Crippen MR) is 179 cm³/mol. The Kier molecular flexibility index (Phi) is 5.12. The van der Waals surface area contributed by atoms with E-state index in [0.717, 1.165) is 28.5 Å². The molecule has 3 aromatic heterocycles. The van der Waals surface area contributed by atoms with E-state index in [4.69, 9.17) is 4.42 Å². The number of nitrogens with one attached hydrogen (secondary N) is 1. The number of aromatic nitrogens is 1. The molecule has 0 bridgehead atoms. The summed E-state index contributed by atoms with van der Waals surface area (Å²) in [6.07, 6.45) is 0. The molecule has 0 atom stereocenters. The largest absolute Gasteiger partial charge is 0.456 e. The average Bonchev–Trinajstić information content (AvgIpc) is 3.70. The van der Waals surface area contributed by atoms with Crippen molar-refractivity contribution in [2.75, 3.05) is 7.05 Å². The molecule has 3 nitrogen and oxygen atoms in total. The second kappa shape index (κ2) is 9.05. The third-order valence-corrected chi connectivity index (χ3v) is 9.78. The van der Waals surface area contributed by atoms with E-state index in [1.165, 1.54) is 64.4 Å². The molecule has 42 heavy (non-hydrogen) atoms. The average molecular weight is 559 g/mol. The van der Waals surface area contributed by atoms with E-state index < -0.39 is 0 Å². The Morgan fingerprint density at radius 1 is 0.643 bits per heavy atom. The smallest absolute Gasteiger partial charge is 0.135 e. The topological polar surface area (TPSA) is 30.1 Å². The molecule has 200 valence electrons. The number of fused-ring (bicyclic) bond motifs is 10. The number of hydrogen-bond donors (Lipinski definition) is 1. The highest BCUT2D eigenvalue weighted by Gasteiger charge is 2.21. The lowest BCUT2D eigenvalue weighted by atomic mass is 9.97. The summed E-state index contributed by atoms with van der Waals surface area (Å²) in [5.41, 5.74) is 9.13. The first-order valence-electron chi connectivity index (χ1n) is 14.3. The molecule has 0 aliphatic heterocycles. The van der Waals surface area contributed by atoms with Gasteiger partial charge < -0.3 is 14.3 Å². The Morgan fingerprint density at radius 2 is 1.43 bits per heavy atom. The molecule has 0 aliphatic carbocycles. The lowest BCUT2D eigenvalue weighted by molar-refractivity contribution is 0.669. The molecule has 1 N–H and O–H groups in total. The van der Waals surface area contributed by atoms with Crippen molar-refractivity contribution in [2.45, 2.75) is 6.54 Å². The normalized spacial score (nSPS) is 12.1. The van der Waals surface area contributed by atoms with Gasteiger partial charge in [0.25, 0.3) is 0 Å². The van der Waals surface area contributed by atoms with Crippen LogP contribution in [0.4, 0.5) is 0 Å². The highest BCUT2D eigenvalue weighted by Crippen LogP contribution is 2.45. The van der Waals surface area contributed by atoms with Gasteiger partial charge in [0, 0.05) is 53.8 Å². The van der Waals surface area contributed by atoms with Crippen LogP contribution in [0.5, 0.6) is 0 Å². The summed E-state index contributed by atoms with van der Waals surface area (Å²) in [5.74, 6) is 0. The fourth-order valence-electron chi connectivity index (χ4n) is 6.79. The fourth-order valence-corrected chi connectivity index (χ4v) is 8.05. The van der Waals surface area contributed by atoms with Gasteiger partial charge in [-0.05, 0) is 54.6 Å². The maximum absolute atomic E-state index is 6.18. The summed E-state index contributed by atoms with van der Waals surface area (Å²) in [6.45, 7) is 0.763. The van der Waals surface area contributed by atoms with Crippen LogP contribution in [0.3, 0.4) is 0 Å². The molecule has 9 aromatic rings. The van der Waals surface area contributed by atoms with E-state index in [0.29, 0.717) is 0 Å². The van der Waals surface area contributed by atoms with Crippen LogP contribution in [-0.2, 0) is 6.54 Å². The molecular weight excluding hydrogens is 532 g/mol. The van der Waals surface area contributed by atoms with Gasteiger partial charge in [0.2, 0.25) is 0 Å². The Morgan fingerprint density at radius 3 is 2.33 bits per heavy atom. The van der Waals surface area contributed by atoms with Crippen LogP contribution in [0.2, 0.25) is 0 Å². The number of nitrogens with zero attached hydrogens (tertiary/aromatic N) is 1. The van der Waals surface area contributed by atoms with Gasteiger partial charge in [-0.3, -0.25) is 0 Å². The maximum Gasteiger partial charge on any atom is 0.135 e. The molecule has 0 fully saturated rings. The second-order valence-electron chi connectivity index (χ2n) is 10.9. The molecule has 3 heterocycles. The molecule has 0 spiro atoms. The molecule has 0 unspecified atom stereocenters. The van der Waals surface area contributed by atoms with Crippen LogP contribution < -0.4 is 5.32 Å². The van der Waals surface area contributed by atoms with Crippen LogP contribution >= 0.6 is 11.3 Å². The first-order valence-corrected chi connectivity index (χ1v) is 15.1. The quantitative estimate of drug-likeness (QED) is 0.233. The zero-order valence-electron chi connectivity index (χ0n) is 23.0. The lowest BCUT2D eigenvalue weighted by Gasteiger charge is -2.19. The van der Waals surface area contributed by atoms with E-state index in [1.807, 2.05) is 30.5 Å². The number of furan rings is 1. The summed E-state index contributed by atoms with van der Waals surface area (Å²) in [7, 11) is 2.02. The van der Waals surface area contributed by atoms with E-state index in [-0.39, 0.29) is 0 Å². The second-order valence-corrected chi connectivity index (χ2v) is 12.0. The Hall–Kier alpha value is -4.90. The van der Waals surface area contributed by atoms with E-state index >= 15 is 0 Å². The predicted octanol–water partition coefficient (Wildman–Crippen LogP) is 10.4. The van der Waals surface area contributed by atoms with Gasteiger partial charge >= 0.3 is 0 Å². The van der Waals surface area contributed by atoms with Crippen molar-refractivity contribution in [3.05, 3.63) is 127 Å². The minimum Gasteiger partial charge on any atom is -0.456 e. The van der Waals surface area contributed by atoms with Gasteiger partial charge in [0.05, 0.1) is 16.7 Å². The fraction of sp³-hybridized carbons (Fsp3) is 0.0526. The summed E-state index contributed by atoms with van der Waals surface area (Å²) >= 11 is 1.90. The van der Waals surface area contributed by atoms with Gasteiger partial charge in [-0.2, -0.15) is 0 Å². The van der Waals surface area contributed by atoms with Crippen molar-refractivity contribution in [3.63, 3.8) is 0 Å². The van der Waals surface area contributed by atoms with Crippen LogP contribution in [0, 0.1) is 0 Å². The van der Waals surface area contributed by atoms with Gasteiger partial charge in [0.15, 0.2) is 0 Å². The van der Waals surface area contributed by atoms with E-state index in [9.17, 15) is 0 Å². The zero-order chi connectivity index (χ0) is 27.8. The molecule has 0 aliphatic rings. The third-order valence-electron chi connectivity index (χ3n) is 8.58. The first kappa shape index (κ1) is 23.8. The number of rotatable bonds is 4. The molecular formula is C38H26N2OS. The summed E-state index contributed by atoms with van der Waals surface area (Å²) in [6, 6.07) is 43.9. The number of para-hydroxylation sites is 3. The molecule has 9 rings (SSSR count). The highest BCUT2D eigenvalue weighted by molar-refractivity contribution is 7.26. The van der Waals surface area contributed by atoms with Crippen LogP contribution in [-0.4, -0.2) is 11.6 Å². The zero-order valence-corrected chi connectivity index (χ0v) is 23.8. The Labute approximate surface area is 246 Å². The first-order chi connectivity index (χ1) is 20.8. The standard InChI is InChI=1S/C38H26N2OS/c1-39-22-24-9-8-13-25(23-17-20-34-30(21-23)26-10-3-6-15-33(26)41-34)37(24)40-31-14-5-2-12-29(31)36-32(40)19-18-28-27-11-4-7-16-35(27)42-38(28)36/h2-21,39H,22H2,1H3. The number of benzene rings is 6. The van der Waals surface area contributed by atoms with Gasteiger partial charge in [-0.1, -0.05) is 84.9 Å². The van der Waals surface area contributed by atoms with Crippen molar-refractivity contribution in [3.8, 4) is 16.8 Å². The molecule has 0 amide bonds. The Balaban J connectivity index is 1.40. The summed E-state index contributed by atoms with van der Waals surface area (Å²) < 4.78 is 11.3. The van der Waals surface area contributed by atoms with E-state index in [2.05, 4.69) is 119 Å². The monoisotopic (exact) mass is 558 g/mol. The van der Waals surface area contributed by atoms with Gasteiger partial charge in [-0.15, -0.1) is 11.3 Å². The van der Waals surface area contributed by atoms with Gasteiger partial charge in [0.1, 0.15) is 11.2 Å². The molecule has 0 saturated carbocycles. The van der Waals surface area contributed by atoms with Crippen molar-refractivity contribution in [1.82, 2.24) is 9.88 Å². The van der Waals surface area contributed by atoms with Crippen molar-refractivity contribution >= 4 is 75.3 Å². The number of hydrogen-bond acceptors (Lipinski definition) is 3. The summed E-state index contributed by atoms with van der Waals surface area (Å²) in [4.78, 5) is 0.